The van der Waals surface area contributed by atoms with Crippen LogP contribution in [0.1, 0.15) is 10.5 Å². The molecule has 1 aromatic carbocycles. The zero-order chi connectivity index (χ0) is 10.3. The minimum atomic E-state index is 0.288. The molecule has 0 aliphatic heterocycles. The number of para-hydroxylation sites is 1. The average molecular weight is 198 g/mol. The first-order valence-electron chi connectivity index (χ1n) is 4.47. The van der Waals surface area contributed by atoms with Gasteiger partial charge in [-0.25, -0.2) is 9.97 Å². The van der Waals surface area contributed by atoms with Gasteiger partial charge in [0.2, 0.25) is 0 Å². The molecule has 4 nitrogen and oxygen atoms in total. The van der Waals surface area contributed by atoms with Gasteiger partial charge in [0, 0.05) is 5.39 Å². The smallest absolute Gasteiger partial charge is 0.182 e. The first-order chi connectivity index (χ1) is 7.40. The molecule has 72 valence electrons. The highest BCUT2D eigenvalue weighted by atomic mass is 16.3. The van der Waals surface area contributed by atoms with Crippen molar-refractivity contribution >= 4 is 28.4 Å². The highest BCUT2D eigenvalue weighted by Crippen LogP contribution is 2.27. The molecule has 0 unspecified atom stereocenters. The van der Waals surface area contributed by atoms with Crippen LogP contribution in [-0.4, -0.2) is 16.3 Å². The molecule has 0 fully saturated rings. The van der Waals surface area contributed by atoms with E-state index in [1.165, 1.54) is 6.33 Å². The third kappa shape index (κ3) is 1.05. The second-order valence-corrected chi connectivity index (χ2v) is 3.15. The number of aldehydes is 1. The first kappa shape index (κ1) is 8.11. The average Bonchev–Trinajstić information content (AvgIpc) is 2.67. The van der Waals surface area contributed by atoms with Crippen LogP contribution in [0.2, 0.25) is 0 Å². The van der Waals surface area contributed by atoms with Gasteiger partial charge in [-0.05, 0) is 12.1 Å². The predicted octanol–water partition coefficient (Wildman–Crippen LogP) is 2.19. The lowest BCUT2D eigenvalue weighted by Gasteiger charge is -1.89. The van der Waals surface area contributed by atoms with E-state index in [1.807, 2.05) is 24.3 Å². The Balaban J connectivity index is 2.59. The summed E-state index contributed by atoms with van der Waals surface area (Å²) in [6.45, 7) is 0. The Morgan fingerprint density at radius 2 is 2.07 bits per heavy atom. The number of rotatable bonds is 1. The zero-order valence-corrected chi connectivity index (χ0v) is 7.68. The topological polar surface area (TPSA) is 56.0 Å². The van der Waals surface area contributed by atoms with Crippen molar-refractivity contribution in [1.82, 2.24) is 9.97 Å². The van der Waals surface area contributed by atoms with Crippen LogP contribution in [-0.2, 0) is 0 Å². The molecule has 0 saturated carbocycles. The molecule has 2 heterocycles. The SMILES string of the molecule is O=Cc1ncnc2c1oc1ccccc12. The van der Waals surface area contributed by atoms with E-state index in [4.69, 9.17) is 4.42 Å². The van der Waals surface area contributed by atoms with Gasteiger partial charge in [0.15, 0.2) is 11.9 Å². The van der Waals surface area contributed by atoms with Gasteiger partial charge in [0.1, 0.15) is 23.1 Å². The highest BCUT2D eigenvalue weighted by molar-refractivity contribution is 6.06. The molecule has 15 heavy (non-hydrogen) atoms. The number of carbonyl (C=O) groups is 1. The summed E-state index contributed by atoms with van der Waals surface area (Å²) < 4.78 is 5.52. The summed E-state index contributed by atoms with van der Waals surface area (Å²) in [5, 5.41) is 0.901. The van der Waals surface area contributed by atoms with Gasteiger partial charge in [0.25, 0.3) is 0 Å². The van der Waals surface area contributed by atoms with Gasteiger partial charge in [-0.2, -0.15) is 0 Å². The highest BCUT2D eigenvalue weighted by Gasteiger charge is 2.11. The van der Waals surface area contributed by atoms with E-state index in [-0.39, 0.29) is 5.69 Å². The summed E-state index contributed by atoms with van der Waals surface area (Å²) in [4.78, 5) is 18.7. The molecule has 0 N–H and O–H groups in total. The quantitative estimate of drug-likeness (QED) is 0.562. The van der Waals surface area contributed by atoms with E-state index in [2.05, 4.69) is 9.97 Å². The minimum absolute atomic E-state index is 0.288. The molecular formula is C11H6N2O2. The van der Waals surface area contributed by atoms with Gasteiger partial charge in [-0.3, -0.25) is 4.79 Å². The number of carbonyl (C=O) groups excluding carboxylic acids is 1. The van der Waals surface area contributed by atoms with E-state index < -0.39 is 0 Å². The van der Waals surface area contributed by atoms with Crippen LogP contribution in [0.15, 0.2) is 35.0 Å². The molecule has 0 amide bonds. The molecule has 0 atom stereocenters. The molecule has 0 saturated heterocycles. The molecule has 3 aromatic rings. The maximum Gasteiger partial charge on any atom is 0.182 e. The molecule has 4 heteroatoms. The van der Waals surface area contributed by atoms with Gasteiger partial charge < -0.3 is 4.42 Å². The van der Waals surface area contributed by atoms with Crippen molar-refractivity contribution in [3.63, 3.8) is 0 Å². The predicted molar refractivity (Wildman–Crippen MR) is 54.7 cm³/mol. The van der Waals surface area contributed by atoms with E-state index in [1.54, 1.807) is 0 Å². The van der Waals surface area contributed by atoms with Gasteiger partial charge in [0.05, 0.1) is 0 Å². The van der Waals surface area contributed by atoms with Crippen LogP contribution in [0.25, 0.3) is 22.1 Å². The summed E-state index contributed by atoms with van der Waals surface area (Å²) in [7, 11) is 0. The largest absolute Gasteiger partial charge is 0.452 e. The molecule has 0 aliphatic rings. The monoisotopic (exact) mass is 198 g/mol. The van der Waals surface area contributed by atoms with Crippen LogP contribution < -0.4 is 0 Å². The fraction of sp³-hybridized carbons (Fsp3) is 0. The van der Waals surface area contributed by atoms with E-state index in [0.717, 1.165) is 11.0 Å². The molecule has 0 bridgehead atoms. The Labute approximate surface area is 84.6 Å². The molecule has 0 spiro atoms. The normalized spacial score (nSPS) is 10.9. The number of fused-ring (bicyclic) bond motifs is 3. The van der Waals surface area contributed by atoms with Crippen molar-refractivity contribution in [1.29, 1.82) is 0 Å². The maximum atomic E-state index is 10.7. The summed E-state index contributed by atoms with van der Waals surface area (Å²) in [6, 6.07) is 7.52. The lowest BCUT2D eigenvalue weighted by Crippen LogP contribution is -1.87. The van der Waals surface area contributed by atoms with Crippen molar-refractivity contribution in [2.75, 3.05) is 0 Å². The van der Waals surface area contributed by atoms with Crippen molar-refractivity contribution in [3.05, 3.63) is 36.3 Å². The molecule has 3 rings (SSSR count). The molecular weight excluding hydrogens is 192 g/mol. The fourth-order valence-corrected chi connectivity index (χ4v) is 1.63. The second kappa shape index (κ2) is 2.88. The van der Waals surface area contributed by atoms with Crippen molar-refractivity contribution in [2.24, 2.45) is 0 Å². The van der Waals surface area contributed by atoms with Crippen LogP contribution in [0, 0.1) is 0 Å². The number of hydrogen-bond acceptors (Lipinski definition) is 4. The second-order valence-electron chi connectivity index (χ2n) is 3.15. The van der Waals surface area contributed by atoms with Crippen molar-refractivity contribution in [2.45, 2.75) is 0 Å². The number of nitrogens with zero attached hydrogens (tertiary/aromatic N) is 2. The van der Waals surface area contributed by atoms with Crippen LogP contribution in [0.5, 0.6) is 0 Å². The lowest BCUT2D eigenvalue weighted by molar-refractivity contribution is 0.111. The summed E-state index contributed by atoms with van der Waals surface area (Å²) in [6.07, 6.45) is 2.04. The molecule has 0 aliphatic carbocycles. The molecule has 2 aromatic heterocycles. The summed E-state index contributed by atoms with van der Waals surface area (Å²) in [5.74, 6) is 0. The number of hydrogen-bond donors (Lipinski definition) is 0. The Morgan fingerprint density at radius 3 is 2.93 bits per heavy atom. The first-order valence-corrected chi connectivity index (χ1v) is 4.47. The van der Waals surface area contributed by atoms with E-state index >= 15 is 0 Å². The number of benzene rings is 1. The van der Waals surface area contributed by atoms with Crippen LogP contribution >= 0.6 is 0 Å². The Bertz CT molecular complexity index is 658. The van der Waals surface area contributed by atoms with Crippen LogP contribution in [0.4, 0.5) is 0 Å². The lowest BCUT2D eigenvalue weighted by atomic mass is 10.2. The van der Waals surface area contributed by atoms with Gasteiger partial charge >= 0.3 is 0 Å². The third-order valence-electron chi connectivity index (χ3n) is 2.30. The molecule has 0 radical (unpaired) electrons. The fourth-order valence-electron chi connectivity index (χ4n) is 1.63. The van der Waals surface area contributed by atoms with Gasteiger partial charge in [-0.15, -0.1) is 0 Å². The minimum Gasteiger partial charge on any atom is -0.452 e. The third-order valence-corrected chi connectivity index (χ3v) is 2.30. The van der Waals surface area contributed by atoms with E-state index in [0.29, 0.717) is 17.4 Å². The van der Waals surface area contributed by atoms with Crippen LogP contribution in [0.3, 0.4) is 0 Å². The van der Waals surface area contributed by atoms with Gasteiger partial charge in [-0.1, -0.05) is 12.1 Å². The van der Waals surface area contributed by atoms with E-state index in [9.17, 15) is 4.79 Å². The summed E-state index contributed by atoms with van der Waals surface area (Å²) in [5.41, 5.74) is 2.14. The Hall–Kier alpha value is -2.23. The van der Waals surface area contributed by atoms with Crippen molar-refractivity contribution < 1.29 is 9.21 Å². The standard InChI is InChI=1S/C11H6N2O2/c14-5-8-11-10(13-6-12-8)7-3-1-2-4-9(7)15-11/h1-6H. The Morgan fingerprint density at radius 1 is 1.20 bits per heavy atom. The number of aromatic nitrogens is 2. The zero-order valence-electron chi connectivity index (χ0n) is 7.68. The maximum absolute atomic E-state index is 10.7. The number of furan rings is 1. The van der Waals surface area contributed by atoms with Crippen molar-refractivity contribution in [3.8, 4) is 0 Å². The summed E-state index contributed by atoms with van der Waals surface area (Å²) >= 11 is 0. The Kier molecular flexibility index (Phi) is 1.56.